The minimum Gasteiger partial charge on any atom is -0.478 e. The summed E-state index contributed by atoms with van der Waals surface area (Å²) in [6.07, 6.45) is 2.38. The third-order valence-corrected chi connectivity index (χ3v) is 8.49. The predicted octanol–water partition coefficient (Wildman–Crippen LogP) is 5.18. The lowest BCUT2D eigenvalue weighted by molar-refractivity contribution is -0.131. The van der Waals surface area contributed by atoms with Crippen LogP contribution in [0, 0.1) is 0 Å². The molecule has 2 amide bonds. The maximum atomic E-state index is 13.3. The first-order valence-corrected chi connectivity index (χ1v) is 14.8. The Morgan fingerprint density at radius 3 is 2.61 bits per heavy atom. The third-order valence-electron chi connectivity index (χ3n) is 6.26. The molecule has 1 aliphatic rings. The number of hydrogen-bond donors (Lipinski definition) is 3. The molecule has 1 aromatic heterocycles. The molecule has 0 saturated heterocycles. The molecule has 0 spiro atoms. The maximum absolute atomic E-state index is 13.3. The van der Waals surface area contributed by atoms with E-state index in [2.05, 4.69) is 27.7 Å². The summed E-state index contributed by atoms with van der Waals surface area (Å²) in [6, 6.07) is 17.1. The molecule has 0 radical (unpaired) electrons. The summed E-state index contributed by atoms with van der Waals surface area (Å²) in [5.74, 6) is -2.49. The van der Waals surface area contributed by atoms with E-state index in [1.807, 2.05) is 24.3 Å². The standard InChI is InChI=1S/C30H31N3O6S2/c1-3-39-30(38)27-23-14-15-33(17-20-8-5-4-6-9-20)18-24(23)41-29(27)32-28(37)19(2)40-22-11-7-10-21(16-22)31-25(34)12-13-26(35)36/h4-13,16,19H,3,14-15,17-18H2,1-2H3,(H,31,34)(H,32,37)(H,35,36)/b13-12+. The largest absolute Gasteiger partial charge is 0.478 e. The van der Waals surface area contributed by atoms with Gasteiger partial charge in [0, 0.05) is 47.2 Å². The fraction of sp³-hybridized carbons (Fsp3) is 0.267. The number of thiophene rings is 1. The number of hydrogen-bond acceptors (Lipinski definition) is 8. The summed E-state index contributed by atoms with van der Waals surface area (Å²) in [6.45, 7) is 6.04. The summed E-state index contributed by atoms with van der Waals surface area (Å²) in [5, 5.41) is 14.2. The van der Waals surface area contributed by atoms with Crippen LogP contribution in [0.5, 0.6) is 0 Å². The lowest BCUT2D eigenvalue weighted by Crippen LogP contribution is -2.30. The van der Waals surface area contributed by atoms with Crippen molar-refractivity contribution in [3.8, 4) is 0 Å². The fourth-order valence-electron chi connectivity index (χ4n) is 4.39. The van der Waals surface area contributed by atoms with Crippen LogP contribution >= 0.6 is 23.1 Å². The van der Waals surface area contributed by atoms with Gasteiger partial charge in [-0.05, 0) is 49.6 Å². The number of esters is 1. The van der Waals surface area contributed by atoms with Gasteiger partial charge >= 0.3 is 11.9 Å². The first-order valence-electron chi connectivity index (χ1n) is 13.1. The van der Waals surface area contributed by atoms with Crippen molar-refractivity contribution in [2.75, 3.05) is 23.8 Å². The number of benzene rings is 2. The monoisotopic (exact) mass is 593 g/mol. The Morgan fingerprint density at radius 2 is 1.88 bits per heavy atom. The lowest BCUT2D eigenvalue weighted by Gasteiger charge is -2.27. The van der Waals surface area contributed by atoms with E-state index < -0.39 is 23.1 Å². The number of anilines is 2. The Morgan fingerprint density at radius 1 is 1.10 bits per heavy atom. The van der Waals surface area contributed by atoms with Gasteiger partial charge in [0.25, 0.3) is 0 Å². The van der Waals surface area contributed by atoms with Gasteiger partial charge in [-0.1, -0.05) is 36.4 Å². The van der Waals surface area contributed by atoms with Crippen molar-refractivity contribution in [3.05, 3.63) is 88.3 Å². The summed E-state index contributed by atoms with van der Waals surface area (Å²) in [7, 11) is 0. The second kappa shape index (κ2) is 14.1. The van der Waals surface area contributed by atoms with Crippen molar-refractivity contribution in [1.29, 1.82) is 0 Å². The second-order valence-corrected chi connectivity index (χ2v) is 11.8. The smallest absolute Gasteiger partial charge is 0.341 e. The second-order valence-electron chi connectivity index (χ2n) is 9.31. The molecule has 4 rings (SSSR count). The van der Waals surface area contributed by atoms with Crippen LogP contribution in [0.3, 0.4) is 0 Å². The molecule has 2 heterocycles. The molecule has 1 unspecified atom stereocenters. The van der Waals surface area contributed by atoms with E-state index in [9.17, 15) is 19.2 Å². The van der Waals surface area contributed by atoms with Gasteiger partial charge in [0.05, 0.1) is 17.4 Å². The van der Waals surface area contributed by atoms with Crippen LogP contribution in [-0.4, -0.2) is 52.2 Å². The zero-order valence-electron chi connectivity index (χ0n) is 22.7. The van der Waals surface area contributed by atoms with Gasteiger partial charge in [0.2, 0.25) is 11.8 Å². The summed E-state index contributed by atoms with van der Waals surface area (Å²) in [4.78, 5) is 52.9. The van der Waals surface area contributed by atoms with Crippen LogP contribution < -0.4 is 10.6 Å². The van der Waals surface area contributed by atoms with E-state index >= 15 is 0 Å². The highest BCUT2D eigenvalue weighted by Crippen LogP contribution is 2.38. The Hall–Kier alpha value is -3.93. The van der Waals surface area contributed by atoms with E-state index in [0.717, 1.165) is 40.6 Å². The van der Waals surface area contributed by atoms with Gasteiger partial charge in [0.15, 0.2) is 0 Å². The quantitative estimate of drug-likeness (QED) is 0.158. The predicted molar refractivity (Wildman–Crippen MR) is 160 cm³/mol. The van der Waals surface area contributed by atoms with Crippen molar-refractivity contribution in [2.45, 2.75) is 43.5 Å². The molecule has 214 valence electrons. The number of amides is 2. The molecule has 41 heavy (non-hydrogen) atoms. The van der Waals surface area contributed by atoms with Gasteiger partial charge in [-0.15, -0.1) is 23.1 Å². The molecule has 0 fully saturated rings. The third kappa shape index (κ3) is 8.29. The minimum atomic E-state index is -1.22. The number of fused-ring (bicyclic) bond motifs is 1. The highest BCUT2D eigenvalue weighted by molar-refractivity contribution is 8.00. The summed E-state index contributed by atoms with van der Waals surface area (Å²) < 4.78 is 5.35. The van der Waals surface area contributed by atoms with Crippen LogP contribution in [0.2, 0.25) is 0 Å². The van der Waals surface area contributed by atoms with Crippen molar-refractivity contribution in [3.63, 3.8) is 0 Å². The van der Waals surface area contributed by atoms with Crippen LogP contribution in [0.4, 0.5) is 10.7 Å². The van der Waals surface area contributed by atoms with E-state index in [1.165, 1.54) is 28.7 Å². The number of carboxylic acids is 1. The average Bonchev–Trinajstić information content (AvgIpc) is 3.29. The topological polar surface area (TPSA) is 125 Å². The molecule has 1 aliphatic heterocycles. The number of rotatable bonds is 11. The van der Waals surface area contributed by atoms with E-state index in [4.69, 9.17) is 9.84 Å². The SMILES string of the molecule is CCOC(=O)c1c(NC(=O)C(C)Sc2cccc(NC(=O)/C=C/C(=O)O)c2)sc2c1CCN(Cc1ccccc1)C2. The van der Waals surface area contributed by atoms with Crippen molar-refractivity contribution >= 4 is 57.5 Å². The van der Waals surface area contributed by atoms with Crippen molar-refractivity contribution < 1.29 is 29.0 Å². The zero-order valence-corrected chi connectivity index (χ0v) is 24.3. The van der Waals surface area contributed by atoms with E-state index in [1.54, 1.807) is 32.0 Å². The summed E-state index contributed by atoms with van der Waals surface area (Å²) in [5.41, 5.74) is 3.07. The van der Waals surface area contributed by atoms with Crippen LogP contribution in [0.15, 0.2) is 71.6 Å². The Kier molecular flexibility index (Phi) is 10.3. The molecule has 1 atom stereocenters. The van der Waals surface area contributed by atoms with E-state index in [-0.39, 0.29) is 12.5 Å². The van der Waals surface area contributed by atoms with Gasteiger partial charge in [-0.25, -0.2) is 9.59 Å². The number of thioether (sulfide) groups is 1. The first kappa shape index (κ1) is 30.0. The number of carbonyl (C=O) groups is 4. The van der Waals surface area contributed by atoms with Gasteiger partial charge < -0.3 is 20.5 Å². The Bertz CT molecular complexity index is 1450. The molecular weight excluding hydrogens is 562 g/mol. The van der Waals surface area contributed by atoms with Crippen LogP contribution in [0.25, 0.3) is 0 Å². The van der Waals surface area contributed by atoms with Gasteiger partial charge in [-0.2, -0.15) is 0 Å². The molecule has 3 N–H and O–H groups in total. The van der Waals surface area contributed by atoms with Crippen LogP contribution in [0.1, 0.15) is 40.2 Å². The van der Waals surface area contributed by atoms with Crippen molar-refractivity contribution in [2.24, 2.45) is 0 Å². The highest BCUT2D eigenvalue weighted by Gasteiger charge is 2.30. The molecule has 0 bridgehead atoms. The molecule has 9 nitrogen and oxygen atoms in total. The maximum Gasteiger partial charge on any atom is 0.341 e. The summed E-state index contributed by atoms with van der Waals surface area (Å²) >= 11 is 2.72. The van der Waals surface area contributed by atoms with Crippen LogP contribution in [-0.2, 0) is 38.6 Å². The molecular formula is C30H31N3O6S2. The molecule has 3 aromatic rings. The Balaban J connectivity index is 1.45. The molecule has 11 heteroatoms. The number of aliphatic carboxylic acids is 1. The van der Waals surface area contributed by atoms with Gasteiger partial charge in [0.1, 0.15) is 5.00 Å². The highest BCUT2D eigenvalue weighted by atomic mass is 32.2. The zero-order chi connectivity index (χ0) is 29.4. The Labute approximate surface area is 246 Å². The fourth-order valence-corrected chi connectivity index (χ4v) is 6.60. The number of carboxylic acid groups (broad SMARTS) is 1. The average molecular weight is 594 g/mol. The number of nitrogens with zero attached hydrogens (tertiary/aromatic N) is 1. The molecule has 0 saturated carbocycles. The lowest BCUT2D eigenvalue weighted by atomic mass is 10.0. The van der Waals surface area contributed by atoms with Gasteiger partial charge in [-0.3, -0.25) is 14.5 Å². The number of nitrogens with one attached hydrogen (secondary N) is 2. The number of ether oxygens (including phenoxy) is 1. The number of carbonyl (C=O) groups excluding carboxylic acids is 3. The minimum absolute atomic E-state index is 0.238. The van der Waals surface area contributed by atoms with E-state index in [0.29, 0.717) is 29.2 Å². The van der Waals surface area contributed by atoms with Crippen molar-refractivity contribution in [1.82, 2.24) is 4.90 Å². The first-order chi connectivity index (χ1) is 19.7. The molecule has 0 aliphatic carbocycles. The molecule has 2 aromatic carbocycles. The normalized spacial score (nSPS) is 13.8.